The summed E-state index contributed by atoms with van der Waals surface area (Å²) >= 11 is 3.31. The van der Waals surface area contributed by atoms with Crippen molar-refractivity contribution in [3.63, 3.8) is 0 Å². The van der Waals surface area contributed by atoms with Gasteiger partial charge in [-0.25, -0.2) is 8.42 Å². The Hall–Kier alpha value is -0.960. The number of carbonyl (C=O) groups excluding carboxylic acids is 1. The fourth-order valence-corrected chi connectivity index (χ4v) is 2.76. The highest BCUT2D eigenvalue weighted by molar-refractivity contribution is 9.10. The predicted molar refractivity (Wildman–Crippen MR) is 87.7 cm³/mol. The number of amides is 1. The van der Waals surface area contributed by atoms with Crippen LogP contribution in [-0.4, -0.2) is 63.5 Å². The Labute approximate surface area is 134 Å². The maximum absolute atomic E-state index is 12.0. The highest BCUT2D eigenvalue weighted by atomic mass is 79.9. The Morgan fingerprint density at radius 3 is 2.48 bits per heavy atom. The lowest BCUT2D eigenvalue weighted by Crippen LogP contribution is -2.41. The fourth-order valence-electron chi connectivity index (χ4n) is 1.60. The summed E-state index contributed by atoms with van der Waals surface area (Å²) < 4.78 is 25.4. The molecule has 0 fully saturated rings. The molecule has 0 aliphatic heterocycles. The van der Waals surface area contributed by atoms with Crippen molar-refractivity contribution < 1.29 is 13.2 Å². The Kier molecular flexibility index (Phi) is 6.79. The number of anilines is 1. The zero-order valence-electron chi connectivity index (χ0n) is 12.3. The van der Waals surface area contributed by atoms with Crippen LogP contribution in [-0.2, 0) is 14.8 Å². The Morgan fingerprint density at radius 1 is 1.29 bits per heavy atom. The van der Waals surface area contributed by atoms with Crippen LogP contribution >= 0.6 is 15.9 Å². The van der Waals surface area contributed by atoms with Gasteiger partial charge < -0.3 is 10.2 Å². The SMILES string of the molecule is CN(C)CCN(CC(=O)Nc1cccc(Br)c1)S(C)(=O)=O. The van der Waals surface area contributed by atoms with E-state index in [1.54, 1.807) is 18.2 Å². The predicted octanol–water partition coefficient (Wildman–Crippen LogP) is 1.21. The van der Waals surface area contributed by atoms with Gasteiger partial charge in [-0.05, 0) is 32.3 Å². The van der Waals surface area contributed by atoms with E-state index in [0.29, 0.717) is 12.2 Å². The molecule has 0 aliphatic carbocycles. The molecule has 0 atom stereocenters. The Bertz CT molecular complexity index is 590. The van der Waals surface area contributed by atoms with E-state index in [2.05, 4.69) is 21.2 Å². The van der Waals surface area contributed by atoms with E-state index >= 15 is 0 Å². The second-order valence-corrected chi connectivity index (χ2v) is 7.86. The summed E-state index contributed by atoms with van der Waals surface area (Å²) in [5, 5.41) is 2.68. The second kappa shape index (κ2) is 7.88. The molecule has 1 rings (SSSR count). The quantitative estimate of drug-likeness (QED) is 0.775. The fraction of sp³-hybridized carbons (Fsp3) is 0.462. The molecule has 1 aromatic rings. The smallest absolute Gasteiger partial charge is 0.239 e. The van der Waals surface area contributed by atoms with Crippen LogP contribution in [0.25, 0.3) is 0 Å². The van der Waals surface area contributed by atoms with Crippen LogP contribution in [0.3, 0.4) is 0 Å². The molecule has 0 spiro atoms. The van der Waals surface area contributed by atoms with Crippen LogP contribution in [0, 0.1) is 0 Å². The average Bonchev–Trinajstić information content (AvgIpc) is 2.32. The minimum Gasteiger partial charge on any atom is -0.325 e. The van der Waals surface area contributed by atoms with E-state index in [1.165, 1.54) is 4.31 Å². The second-order valence-electron chi connectivity index (χ2n) is 4.96. The molecule has 0 saturated heterocycles. The van der Waals surface area contributed by atoms with Crippen molar-refractivity contribution in [1.29, 1.82) is 0 Å². The summed E-state index contributed by atoms with van der Waals surface area (Å²) in [4.78, 5) is 13.8. The summed E-state index contributed by atoms with van der Waals surface area (Å²) in [6.07, 6.45) is 1.11. The van der Waals surface area contributed by atoms with Crippen LogP contribution < -0.4 is 5.32 Å². The molecule has 1 N–H and O–H groups in total. The first kappa shape index (κ1) is 18.1. The number of hydrogen-bond acceptors (Lipinski definition) is 4. The van der Waals surface area contributed by atoms with Gasteiger partial charge in [0.05, 0.1) is 12.8 Å². The van der Waals surface area contributed by atoms with Crippen LogP contribution in [0.1, 0.15) is 0 Å². The molecule has 0 aromatic heterocycles. The maximum atomic E-state index is 12.0. The maximum Gasteiger partial charge on any atom is 0.239 e. The Morgan fingerprint density at radius 2 is 1.95 bits per heavy atom. The van der Waals surface area contributed by atoms with E-state index in [-0.39, 0.29) is 19.0 Å². The van der Waals surface area contributed by atoms with Gasteiger partial charge in [0.1, 0.15) is 0 Å². The van der Waals surface area contributed by atoms with Crippen LogP contribution in [0.2, 0.25) is 0 Å². The van der Waals surface area contributed by atoms with Crippen LogP contribution in [0.4, 0.5) is 5.69 Å². The molecular weight excluding hydrogens is 358 g/mol. The zero-order chi connectivity index (χ0) is 16.0. The summed E-state index contributed by atoms with van der Waals surface area (Å²) in [6.45, 7) is 0.633. The average molecular weight is 378 g/mol. The van der Waals surface area contributed by atoms with Crippen molar-refractivity contribution in [3.8, 4) is 0 Å². The van der Waals surface area contributed by atoms with Crippen molar-refractivity contribution in [2.75, 3.05) is 45.3 Å². The number of halogens is 1. The van der Waals surface area contributed by atoms with Gasteiger partial charge in [-0.15, -0.1) is 0 Å². The van der Waals surface area contributed by atoms with E-state index in [0.717, 1.165) is 10.7 Å². The molecule has 0 saturated carbocycles. The molecule has 0 aliphatic rings. The summed E-state index contributed by atoms with van der Waals surface area (Å²) in [6, 6.07) is 7.13. The first-order valence-electron chi connectivity index (χ1n) is 6.34. The molecule has 8 heteroatoms. The number of carbonyl (C=O) groups is 1. The molecule has 1 amide bonds. The van der Waals surface area contributed by atoms with Crippen molar-refractivity contribution in [3.05, 3.63) is 28.7 Å². The number of sulfonamides is 1. The van der Waals surface area contributed by atoms with Gasteiger partial charge in [0, 0.05) is 23.2 Å². The minimum absolute atomic E-state index is 0.195. The van der Waals surface area contributed by atoms with Gasteiger partial charge >= 0.3 is 0 Å². The monoisotopic (exact) mass is 377 g/mol. The van der Waals surface area contributed by atoms with Crippen molar-refractivity contribution in [2.24, 2.45) is 0 Å². The number of nitrogens with one attached hydrogen (secondary N) is 1. The Balaban J connectivity index is 2.68. The van der Waals surface area contributed by atoms with Crippen molar-refractivity contribution in [2.45, 2.75) is 0 Å². The molecule has 1 aromatic carbocycles. The molecular formula is C13H20BrN3O3S. The lowest BCUT2D eigenvalue weighted by molar-refractivity contribution is -0.116. The van der Waals surface area contributed by atoms with Gasteiger partial charge in [0.25, 0.3) is 0 Å². The van der Waals surface area contributed by atoms with Gasteiger partial charge in [0.2, 0.25) is 15.9 Å². The summed E-state index contributed by atoms with van der Waals surface area (Å²) in [7, 11) is 0.279. The molecule has 6 nitrogen and oxygen atoms in total. The lowest BCUT2D eigenvalue weighted by atomic mass is 10.3. The topological polar surface area (TPSA) is 69.7 Å². The molecule has 0 radical (unpaired) electrons. The third-order valence-electron chi connectivity index (χ3n) is 2.69. The number of nitrogens with zero attached hydrogens (tertiary/aromatic N) is 2. The number of benzene rings is 1. The van der Waals surface area contributed by atoms with E-state index in [9.17, 15) is 13.2 Å². The van der Waals surface area contributed by atoms with Crippen LogP contribution in [0.5, 0.6) is 0 Å². The molecule has 118 valence electrons. The summed E-state index contributed by atoms with van der Waals surface area (Å²) in [5.74, 6) is -0.364. The van der Waals surface area contributed by atoms with Crippen LogP contribution in [0.15, 0.2) is 28.7 Å². The number of likely N-dealkylation sites (N-methyl/N-ethyl adjacent to an activating group) is 1. The van der Waals surface area contributed by atoms with E-state index in [1.807, 2.05) is 25.1 Å². The molecule has 21 heavy (non-hydrogen) atoms. The first-order chi connectivity index (χ1) is 9.68. The third-order valence-corrected chi connectivity index (χ3v) is 4.44. The van der Waals surface area contributed by atoms with Gasteiger partial charge in [-0.1, -0.05) is 22.0 Å². The largest absolute Gasteiger partial charge is 0.325 e. The van der Waals surface area contributed by atoms with Gasteiger partial charge in [-0.3, -0.25) is 4.79 Å². The molecule has 0 heterocycles. The first-order valence-corrected chi connectivity index (χ1v) is 8.98. The highest BCUT2D eigenvalue weighted by Crippen LogP contribution is 2.15. The van der Waals surface area contributed by atoms with Gasteiger partial charge in [0.15, 0.2) is 0 Å². The van der Waals surface area contributed by atoms with Crippen molar-refractivity contribution >= 4 is 37.5 Å². The zero-order valence-corrected chi connectivity index (χ0v) is 14.7. The van der Waals surface area contributed by atoms with Crippen molar-refractivity contribution in [1.82, 2.24) is 9.21 Å². The normalized spacial score (nSPS) is 11.9. The molecule has 0 bridgehead atoms. The van der Waals surface area contributed by atoms with E-state index < -0.39 is 10.0 Å². The number of rotatable bonds is 7. The lowest BCUT2D eigenvalue weighted by Gasteiger charge is -2.21. The highest BCUT2D eigenvalue weighted by Gasteiger charge is 2.20. The van der Waals surface area contributed by atoms with E-state index in [4.69, 9.17) is 0 Å². The molecule has 0 unspecified atom stereocenters. The standard InChI is InChI=1S/C13H20BrN3O3S/c1-16(2)7-8-17(21(3,19)20)10-13(18)15-12-6-4-5-11(14)9-12/h4-6,9H,7-8,10H2,1-3H3,(H,15,18). The summed E-state index contributed by atoms with van der Waals surface area (Å²) in [5.41, 5.74) is 0.621. The minimum atomic E-state index is -3.42. The number of hydrogen-bond donors (Lipinski definition) is 1. The third kappa shape index (κ3) is 7.03. The van der Waals surface area contributed by atoms with Gasteiger partial charge in [-0.2, -0.15) is 4.31 Å².